The molecule has 0 saturated carbocycles. The number of thiophene rings is 1. The third-order valence-electron chi connectivity index (χ3n) is 4.56. The molecule has 36 heavy (non-hydrogen) atoms. The van der Waals surface area contributed by atoms with Gasteiger partial charge >= 0.3 is 18.0 Å². The van der Waals surface area contributed by atoms with Gasteiger partial charge in [-0.25, -0.2) is 14.4 Å². The van der Waals surface area contributed by atoms with Gasteiger partial charge in [0.15, 0.2) is 17.2 Å². The molecule has 2 aromatic rings. The van der Waals surface area contributed by atoms with E-state index in [0.717, 1.165) is 11.3 Å². The van der Waals surface area contributed by atoms with Crippen LogP contribution in [0, 0.1) is 5.92 Å². The predicted molar refractivity (Wildman–Crippen MR) is 146 cm³/mol. The van der Waals surface area contributed by atoms with Crippen LogP contribution < -0.4 is 15.0 Å². The molecule has 198 valence electrons. The Kier molecular flexibility index (Phi) is 10.4. The Labute approximate surface area is 225 Å². The normalized spacial score (nSPS) is 11.4. The van der Waals surface area contributed by atoms with Gasteiger partial charge in [-0.15, -0.1) is 11.3 Å². The average Bonchev–Trinajstić information content (AvgIpc) is 3.10. The third-order valence-corrected chi connectivity index (χ3v) is 6.78. The number of amides is 2. The van der Waals surface area contributed by atoms with Crippen LogP contribution in [-0.4, -0.2) is 49.9 Å². The van der Waals surface area contributed by atoms with Crippen molar-refractivity contribution in [1.29, 1.82) is 0 Å². The van der Waals surface area contributed by atoms with E-state index in [1.807, 2.05) is 52.0 Å². The van der Waals surface area contributed by atoms with Crippen molar-refractivity contribution in [3.8, 4) is 16.2 Å². The summed E-state index contributed by atoms with van der Waals surface area (Å²) in [7, 11) is 1.28. The molecule has 10 heteroatoms. The first-order chi connectivity index (χ1) is 16.7. The maximum absolute atomic E-state index is 12.9. The average molecular weight is 584 g/mol. The molecule has 2 amide bonds. The summed E-state index contributed by atoms with van der Waals surface area (Å²) in [6, 6.07) is 7.30. The number of methoxy groups -OCH3 is 1. The number of esters is 2. The number of urea groups is 1. The highest BCUT2D eigenvalue weighted by molar-refractivity contribution is 9.10. The third kappa shape index (κ3) is 8.23. The topological polar surface area (TPSA) is 94.2 Å². The zero-order valence-corrected chi connectivity index (χ0v) is 24.5. The number of nitrogens with one attached hydrogen (secondary N) is 1. The second kappa shape index (κ2) is 12.6. The summed E-state index contributed by atoms with van der Waals surface area (Å²) in [5.74, 6) is -0.686. The van der Waals surface area contributed by atoms with Gasteiger partial charge in [-0.1, -0.05) is 26.0 Å². The van der Waals surface area contributed by atoms with Gasteiger partial charge in [-0.05, 0) is 74.2 Å². The second-order valence-electron chi connectivity index (χ2n) is 9.93. The maximum atomic E-state index is 12.9. The minimum atomic E-state index is -0.660. The molecule has 0 aliphatic carbocycles. The number of halogens is 1. The molecule has 8 nitrogen and oxygen atoms in total. The molecule has 0 spiro atoms. The fourth-order valence-corrected chi connectivity index (χ4v) is 5.22. The number of ether oxygens (including phenoxy) is 3. The molecule has 0 atom stereocenters. The molecule has 0 bridgehead atoms. The molecular formula is C26H35BrN2O6S. The van der Waals surface area contributed by atoms with E-state index in [4.69, 9.17) is 14.2 Å². The van der Waals surface area contributed by atoms with Gasteiger partial charge in [0.05, 0.1) is 16.5 Å². The quantitative estimate of drug-likeness (QED) is 0.350. The molecule has 1 heterocycles. The Morgan fingerprint density at radius 2 is 1.81 bits per heavy atom. The van der Waals surface area contributed by atoms with E-state index in [0.29, 0.717) is 15.9 Å². The lowest BCUT2D eigenvalue weighted by molar-refractivity contribution is -0.157. The highest BCUT2D eigenvalue weighted by Crippen LogP contribution is 2.46. The fourth-order valence-electron chi connectivity index (χ4n) is 3.25. The van der Waals surface area contributed by atoms with Gasteiger partial charge in [-0.3, -0.25) is 4.90 Å². The molecule has 0 unspecified atom stereocenters. The molecule has 0 aliphatic heterocycles. The number of carbonyl (C=O) groups is 3. The minimum absolute atomic E-state index is 0.00548. The van der Waals surface area contributed by atoms with E-state index >= 15 is 0 Å². The van der Waals surface area contributed by atoms with E-state index in [1.54, 1.807) is 25.7 Å². The van der Waals surface area contributed by atoms with E-state index in [9.17, 15) is 14.4 Å². The summed E-state index contributed by atoms with van der Waals surface area (Å²) in [5.41, 5.74) is 0.829. The maximum Gasteiger partial charge on any atom is 0.351 e. The van der Waals surface area contributed by atoms with Crippen LogP contribution >= 0.6 is 27.3 Å². The number of carbonyl (C=O) groups excluding carboxylic acids is 3. The van der Waals surface area contributed by atoms with E-state index in [-0.39, 0.29) is 35.2 Å². The number of anilines is 1. The lowest BCUT2D eigenvalue weighted by Crippen LogP contribution is -2.44. The number of hydrogen-bond donors (Lipinski definition) is 1. The Morgan fingerprint density at radius 1 is 1.14 bits per heavy atom. The second-order valence-corrected chi connectivity index (χ2v) is 11.7. The van der Waals surface area contributed by atoms with Gasteiger partial charge < -0.3 is 19.5 Å². The predicted octanol–water partition coefficient (Wildman–Crippen LogP) is 6.27. The summed E-state index contributed by atoms with van der Waals surface area (Å²) in [6.07, 6.45) is 0. The van der Waals surface area contributed by atoms with Crippen LogP contribution in [0.25, 0.3) is 10.4 Å². The van der Waals surface area contributed by atoms with E-state index < -0.39 is 17.5 Å². The molecule has 0 saturated heterocycles. The Balaban J connectivity index is 2.46. The van der Waals surface area contributed by atoms with Gasteiger partial charge in [0, 0.05) is 18.3 Å². The summed E-state index contributed by atoms with van der Waals surface area (Å²) in [6.45, 7) is 13.4. The summed E-state index contributed by atoms with van der Waals surface area (Å²) in [5, 5.41) is 2.95. The van der Waals surface area contributed by atoms with Crippen molar-refractivity contribution in [3.05, 3.63) is 33.6 Å². The van der Waals surface area contributed by atoms with Crippen molar-refractivity contribution in [1.82, 2.24) is 5.32 Å². The van der Waals surface area contributed by atoms with Crippen LogP contribution in [0.15, 0.2) is 28.7 Å². The zero-order chi connectivity index (χ0) is 27.2. The summed E-state index contributed by atoms with van der Waals surface area (Å²) in [4.78, 5) is 40.2. The lowest BCUT2D eigenvalue weighted by atomic mass is 10.1. The van der Waals surface area contributed by atoms with Crippen molar-refractivity contribution >= 4 is 50.9 Å². The van der Waals surface area contributed by atoms with Crippen molar-refractivity contribution in [2.75, 3.05) is 25.2 Å². The van der Waals surface area contributed by atoms with Crippen molar-refractivity contribution in [2.45, 2.75) is 60.1 Å². The number of rotatable bonds is 9. The zero-order valence-electron chi connectivity index (χ0n) is 22.1. The van der Waals surface area contributed by atoms with Gasteiger partial charge in [0.25, 0.3) is 0 Å². The van der Waals surface area contributed by atoms with Crippen LogP contribution in [0.3, 0.4) is 0 Å². The SMILES string of the molecule is COC(=O)c1sc(-c2cccc(N(CC(C)C)C(=O)NC(C)C)c2)c(Br)c1OCC(=O)OC(C)(C)C. The van der Waals surface area contributed by atoms with Crippen LogP contribution in [0.1, 0.15) is 58.1 Å². The largest absolute Gasteiger partial charge is 0.479 e. The molecule has 1 N–H and O–H groups in total. The first-order valence-electron chi connectivity index (χ1n) is 11.7. The minimum Gasteiger partial charge on any atom is -0.479 e. The van der Waals surface area contributed by atoms with Gasteiger partial charge in [0.1, 0.15) is 5.60 Å². The van der Waals surface area contributed by atoms with Crippen molar-refractivity contribution in [3.63, 3.8) is 0 Å². The van der Waals surface area contributed by atoms with E-state index in [1.165, 1.54) is 18.4 Å². The monoisotopic (exact) mass is 582 g/mol. The molecule has 0 aliphatic rings. The molecule has 0 radical (unpaired) electrons. The molecular weight excluding hydrogens is 548 g/mol. The first-order valence-corrected chi connectivity index (χ1v) is 13.3. The summed E-state index contributed by atoms with van der Waals surface area (Å²) < 4.78 is 16.5. The number of hydrogen-bond acceptors (Lipinski definition) is 7. The van der Waals surface area contributed by atoms with Crippen molar-refractivity contribution < 1.29 is 28.6 Å². The van der Waals surface area contributed by atoms with Crippen LogP contribution in [0.4, 0.5) is 10.5 Å². The smallest absolute Gasteiger partial charge is 0.351 e. The molecule has 1 aromatic heterocycles. The highest BCUT2D eigenvalue weighted by atomic mass is 79.9. The molecule has 1 aromatic carbocycles. The van der Waals surface area contributed by atoms with Crippen LogP contribution in [0.5, 0.6) is 5.75 Å². The molecule has 0 fully saturated rings. The van der Waals surface area contributed by atoms with E-state index in [2.05, 4.69) is 21.2 Å². The summed E-state index contributed by atoms with van der Waals surface area (Å²) >= 11 is 4.72. The first kappa shape index (κ1) is 29.6. The lowest BCUT2D eigenvalue weighted by Gasteiger charge is -2.26. The standard InChI is InChI=1S/C26H35BrN2O6S/c1-15(2)13-29(25(32)28-16(3)4)18-11-9-10-17(12-18)22-20(27)21(23(36-22)24(31)33-8)34-14-19(30)35-26(5,6)7/h9-12,15-16H,13-14H2,1-8H3,(H,28,32). The Bertz CT molecular complexity index is 1090. The Hall–Kier alpha value is -2.59. The molecule has 2 rings (SSSR count). The Morgan fingerprint density at radius 3 is 2.36 bits per heavy atom. The fraction of sp³-hybridized carbons (Fsp3) is 0.500. The van der Waals surface area contributed by atoms with Crippen molar-refractivity contribution in [2.24, 2.45) is 5.92 Å². The van der Waals surface area contributed by atoms with Gasteiger partial charge in [0.2, 0.25) is 0 Å². The highest BCUT2D eigenvalue weighted by Gasteiger charge is 2.27. The van der Waals surface area contributed by atoms with Crippen LogP contribution in [0.2, 0.25) is 0 Å². The number of benzene rings is 1. The van der Waals surface area contributed by atoms with Crippen LogP contribution in [-0.2, 0) is 14.3 Å². The van der Waals surface area contributed by atoms with Gasteiger partial charge in [-0.2, -0.15) is 0 Å². The number of nitrogens with zero attached hydrogens (tertiary/aromatic N) is 1.